The van der Waals surface area contributed by atoms with Crippen LogP contribution in [0.4, 0.5) is 4.39 Å². The Morgan fingerprint density at radius 2 is 1.44 bits per heavy atom. The zero-order chi connectivity index (χ0) is 26.4. The minimum Gasteiger partial charge on any atom is -1.00 e. The number of pyridine rings is 1. The molecule has 0 radical (unpaired) electrons. The molecule has 0 aliphatic rings. The molecule has 0 amide bonds. The first kappa shape index (κ1) is 32.9. The predicted octanol–water partition coefficient (Wildman–Crippen LogP) is 3.90. The number of hydrogen-bond donors (Lipinski definition) is 0. The molecule has 6 nitrogen and oxygen atoms in total. The standard InChI is InChI=1S/C27H43FN2O4P.BrH/c1-10-32-35(31,33-11-2)25(26(4,5)6)30(27(7,8)9)34-21(3)23-16-18-29(19-17-23)20-22-12-14-24(28)15-13-22;/h12-19,21,25H,10-11,20H2,1-9H3;1H/q+1;/p-1. The molecule has 1 heterocycles. The smallest absolute Gasteiger partial charge is 0.350 e. The van der Waals surface area contributed by atoms with Crippen LogP contribution in [0.15, 0.2) is 48.8 Å². The first-order valence-corrected chi connectivity index (χ1v) is 13.9. The van der Waals surface area contributed by atoms with Crippen LogP contribution in [0.1, 0.15) is 79.5 Å². The summed E-state index contributed by atoms with van der Waals surface area (Å²) in [5, 5.41) is 1.81. The van der Waals surface area contributed by atoms with E-state index in [0.29, 0.717) is 6.54 Å². The molecule has 2 atom stereocenters. The van der Waals surface area contributed by atoms with E-state index >= 15 is 0 Å². The highest BCUT2D eigenvalue weighted by atomic mass is 79.9. The molecule has 1 aromatic heterocycles. The molecule has 9 heteroatoms. The monoisotopic (exact) mass is 588 g/mol. The molecule has 2 rings (SSSR count). The van der Waals surface area contributed by atoms with Crippen molar-refractivity contribution in [3.05, 3.63) is 65.7 Å². The number of rotatable bonds is 11. The second-order valence-corrected chi connectivity index (χ2v) is 12.9. The normalized spacial score (nSPS) is 14.4. The van der Waals surface area contributed by atoms with Crippen molar-refractivity contribution < 1.29 is 44.4 Å². The predicted molar refractivity (Wildman–Crippen MR) is 137 cm³/mol. The number of nitrogens with zero attached hydrogens (tertiary/aromatic N) is 2. The molecule has 0 aliphatic carbocycles. The number of hydroxylamine groups is 2. The summed E-state index contributed by atoms with van der Waals surface area (Å²) < 4.78 is 40.8. The lowest BCUT2D eigenvalue weighted by Gasteiger charge is -2.48. The van der Waals surface area contributed by atoms with E-state index in [4.69, 9.17) is 13.9 Å². The third-order valence-corrected chi connectivity index (χ3v) is 8.33. The lowest BCUT2D eigenvalue weighted by molar-refractivity contribution is -0.688. The van der Waals surface area contributed by atoms with Crippen molar-refractivity contribution in [1.29, 1.82) is 0 Å². The quantitative estimate of drug-likeness (QED) is 0.226. The fraction of sp³-hybridized carbons (Fsp3) is 0.593. The fourth-order valence-corrected chi connectivity index (χ4v) is 6.64. The zero-order valence-corrected chi connectivity index (χ0v) is 25.6. The van der Waals surface area contributed by atoms with E-state index in [0.717, 1.165) is 11.1 Å². The molecule has 0 saturated heterocycles. The van der Waals surface area contributed by atoms with E-state index in [2.05, 4.69) is 0 Å². The minimum absolute atomic E-state index is 0. The molecule has 0 saturated carbocycles. The number of halogens is 2. The number of hydrogen-bond acceptors (Lipinski definition) is 5. The molecular weight excluding hydrogens is 546 g/mol. The summed E-state index contributed by atoms with van der Waals surface area (Å²) in [6.45, 7) is 19.0. The molecular formula is C27H43BrFN2O4P. The second kappa shape index (κ2) is 13.6. The highest BCUT2D eigenvalue weighted by molar-refractivity contribution is 7.54. The number of benzene rings is 1. The Bertz CT molecular complexity index is 965. The van der Waals surface area contributed by atoms with Gasteiger partial charge in [-0.15, -0.1) is 0 Å². The van der Waals surface area contributed by atoms with Crippen LogP contribution < -0.4 is 21.5 Å². The largest absolute Gasteiger partial charge is 1.00 e. The zero-order valence-electron chi connectivity index (χ0n) is 23.1. The Morgan fingerprint density at radius 1 is 0.944 bits per heavy atom. The van der Waals surface area contributed by atoms with Crippen LogP contribution in [0.5, 0.6) is 0 Å². The highest BCUT2D eigenvalue weighted by Crippen LogP contribution is 2.61. The Kier molecular flexibility index (Phi) is 12.4. The molecule has 36 heavy (non-hydrogen) atoms. The summed E-state index contributed by atoms with van der Waals surface area (Å²) in [4.78, 5) is 6.55. The summed E-state index contributed by atoms with van der Waals surface area (Å²) in [5.74, 6) is -0.861. The average molecular weight is 590 g/mol. The third-order valence-electron chi connectivity index (χ3n) is 5.51. The summed E-state index contributed by atoms with van der Waals surface area (Å²) in [5.41, 5.74) is 1.06. The maximum Gasteiger partial charge on any atom is 0.350 e. The highest BCUT2D eigenvalue weighted by Gasteiger charge is 2.51. The first-order valence-electron chi connectivity index (χ1n) is 12.3. The van der Waals surface area contributed by atoms with Crippen LogP contribution in [0, 0.1) is 11.2 Å². The van der Waals surface area contributed by atoms with Gasteiger partial charge in [-0.3, -0.25) is 9.40 Å². The number of aromatic nitrogens is 1. The van der Waals surface area contributed by atoms with Gasteiger partial charge in [-0.25, -0.2) is 8.96 Å². The van der Waals surface area contributed by atoms with Gasteiger partial charge in [-0.1, -0.05) is 20.8 Å². The molecule has 2 unspecified atom stereocenters. The molecule has 0 spiro atoms. The van der Waals surface area contributed by atoms with Gasteiger partial charge in [-0.05, 0) is 76.8 Å². The maximum absolute atomic E-state index is 14.0. The maximum atomic E-state index is 14.0. The second-order valence-electron chi connectivity index (χ2n) is 10.8. The van der Waals surface area contributed by atoms with Gasteiger partial charge in [0.25, 0.3) is 0 Å². The van der Waals surface area contributed by atoms with Crippen molar-refractivity contribution >= 4 is 7.60 Å². The van der Waals surface area contributed by atoms with Crippen LogP contribution in [-0.2, 0) is 25.0 Å². The van der Waals surface area contributed by atoms with Crippen molar-refractivity contribution in [3.63, 3.8) is 0 Å². The van der Waals surface area contributed by atoms with E-state index in [9.17, 15) is 8.96 Å². The van der Waals surface area contributed by atoms with Crippen LogP contribution in [0.3, 0.4) is 0 Å². The van der Waals surface area contributed by atoms with E-state index in [1.807, 2.05) is 96.5 Å². The Labute approximate surface area is 227 Å². The van der Waals surface area contributed by atoms with Gasteiger partial charge in [0.1, 0.15) is 17.7 Å². The fourth-order valence-electron chi connectivity index (χ4n) is 3.95. The van der Waals surface area contributed by atoms with Crippen molar-refractivity contribution in [1.82, 2.24) is 5.06 Å². The van der Waals surface area contributed by atoms with Gasteiger partial charge in [0.05, 0.1) is 13.2 Å². The van der Waals surface area contributed by atoms with Crippen molar-refractivity contribution in [3.8, 4) is 0 Å². The Balaban J connectivity index is 0.00000648. The summed E-state index contributed by atoms with van der Waals surface area (Å²) in [6, 6.07) is 10.5. The van der Waals surface area contributed by atoms with Crippen LogP contribution in [-0.4, -0.2) is 29.6 Å². The molecule has 1 aromatic carbocycles. The lowest BCUT2D eigenvalue weighted by atomic mass is 9.94. The molecule has 0 bridgehead atoms. The van der Waals surface area contributed by atoms with Crippen molar-refractivity contribution in [2.24, 2.45) is 5.41 Å². The van der Waals surface area contributed by atoms with Gasteiger partial charge >= 0.3 is 7.60 Å². The van der Waals surface area contributed by atoms with E-state index < -0.39 is 24.3 Å². The lowest BCUT2D eigenvalue weighted by Crippen LogP contribution is -3.00. The molecule has 0 N–H and O–H groups in total. The van der Waals surface area contributed by atoms with E-state index in [-0.39, 0.29) is 42.1 Å². The van der Waals surface area contributed by atoms with Crippen LogP contribution in [0.25, 0.3) is 0 Å². The Hall–Kier alpha value is -1.15. The molecule has 2 aromatic rings. The van der Waals surface area contributed by atoms with Gasteiger partial charge in [-0.2, -0.15) is 5.06 Å². The summed E-state index contributed by atoms with van der Waals surface area (Å²) >= 11 is 0. The van der Waals surface area contributed by atoms with Gasteiger partial charge in [0.15, 0.2) is 18.9 Å². The minimum atomic E-state index is -3.53. The summed E-state index contributed by atoms with van der Waals surface area (Å²) in [6.07, 6.45) is 3.65. The van der Waals surface area contributed by atoms with Crippen molar-refractivity contribution in [2.75, 3.05) is 13.2 Å². The van der Waals surface area contributed by atoms with Gasteiger partial charge in [0, 0.05) is 23.2 Å². The van der Waals surface area contributed by atoms with E-state index in [1.165, 1.54) is 12.1 Å². The summed E-state index contributed by atoms with van der Waals surface area (Å²) in [7, 11) is -3.53. The first-order chi connectivity index (χ1) is 16.2. The molecule has 0 aliphatic heterocycles. The average Bonchev–Trinajstić information content (AvgIpc) is 2.74. The molecule has 204 valence electrons. The SMILES string of the molecule is CCOP(=O)(OCC)C(N(OC(C)c1cc[n+](Cc2ccc(F)cc2)cc1)C(C)(C)C)C(C)(C)C.[Br-]. The third kappa shape index (κ3) is 9.00. The van der Waals surface area contributed by atoms with Crippen LogP contribution in [0.2, 0.25) is 0 Å². The van der Waals surface area contributed by atoms with Gasteiger partial charge in [0.2, 0.25) is 0 Å². The van der Waals surface area contributed by atoms with Crippen molar-refractivity contribution in [2.45, 2.75) is 86.3 Å². The van der Waals surface area contributed by atoms with Crippen LogP contribution >= 0.6 is 7.60 Å². The Morgan fingerprint density at radius 3 is 1.86 bits per heavy atom. The van der Waals surface area contributed by atoms with E-state index in [1.54, 1.807) is 12.1 Å². The van der Waals surface area contributed by atoms with Gasteiger partial charge < -0.3 is 26.0 Å². The molecule has 0 fully saturated rings. The topological polar surface area (TPSA) is 51.9 Å².